The van der Waals surface area contributed by atoms with Crippen LogP contribution in [-0.4, -0.2) is 40.0 Å². The standard InChI is InChI=1S/C27H26Cl2N2O3/c1-4-17-9-15(2)20-12-19(16(3)21(20)10-17)13-22-23(28)14-30-26(25(22)29)27(34)31-7-5-18(6-8-31)11-24(32)33/h1,9-10,12,14,16,18H,5-8,11,13H2,2-3H3,(H,32,33). The first-order valence-corrected chi connectivity index (χ1v) is 12.1. The molecule has 0 saturated carbocycles. The van der Waals surface area contributed by atoms with Gasteiger partial charge in [-0.15, -0.1) is 6.42 Å². The maximum atomic E-state index is 13.2. The molecule has 2 heterocycles. The number of allylic oxidation sites excluding steroid dienone is 1. The normalized spacial score (nSPS) is 17.8. The molecule has 0 spiro atoms. The van der Waals surface area contributed by atoms with Crippen molar-refractivity contribution in [2.24, 2.45) is 5.92 Å². The highest BCUT2D eigenvalue weighted by Crippen LogP contribution is 2.41. The molecule has 0 bridgehead atoms. The van der Waals surface area contributed by atoms with Crippen molar-refractivity contribution in [3.05, 3.63) is 67.5 Å². The first-order chi connectivity index (χ1) is 16.2. The number of carbonyl (C=O) groups is 2. The summed E-state index contributed by atoms with van der Waals surface area (Å²) in [5.74, 6) is 1.90. The first kappa shape index (κ1) is 24.3. The van der Waals surface area contributed by atoms with Crippen molar-refractivity contribution in [2.75, 3.05) is 13.1 Å². The van der Waals surface area contributed by atoms with Gasteiger partial charge < -0.3 is 10.0 Å². The fourth-order valence-corrected chi connectivity index (χ4v) is 5.49. The SMILES string of the molecule is C#Cc1cc(C)c2c(c1)C(C)C(Cc1c(Cl)cnc(C(=O)N3CCC(CC(=O)O)CC3)c1Cl)=C2. The summed E-state index contributed by atoms with van der Waals surface area (Å²) in [7, 11) is 0. The molecule has 2 aromatic rings. The molecule has 1 aliphatic carbocycles. The lowest BCUT2D eigenvalue weighted by Crippen LogP contribution is -2.39. The number of piperidine rings is 1. The predicted octanol–water partition coefficient (Wildman–Crippen LogP) is 5.75. The fourth-order valence-electron chi connectivity index (χ4n) is 4.93. The number of carbonyl (C=O) groups excluding carboxylic acids is 1. The summed E-state index contributed by atoms with van der Waals surface area (Å²) < 4.78 is 0. The number of halogens is 2. The van der Waals surface area contributed by atoms with Gasteiger partial charge in [0.15, 0.2) is 0 Å². The molecular weight excluding hydrogens is 471 g/mol. The van der Waals surface area contributed by atoms with Gasteiger partial charge in [-0.05, 0) is 66.5 Å². The van der Waals surface area contributed by atoms with E-state index in [9.17, 15) is 9.59 Å². The van der Waals surface area contributed by atoms with E-state index in [0.717, 1.165) is 16.7 Å². The van der Waals surface area contributed by atoms with Crippen LogP contribution in [-0.2, 0) is 11.2 Å². The third-order valence-corrected chi connectivity index (χ3v) is 7.69. The Hall–Kier alpha value is -2.81. The van der Waals surface area contributed by atoms with Crippen LogP contribution in [0.2, 0.25) is 10.0 Å². The van der Waals surface area contributed by atoms with E-state index in [2.05, 4.69) is 36.9 Å². The highest BCUT2D eigenvalue weighted by atomic mass is 35.5. The minimum absolute atomic E-state index is 0.0848. The minimum Gasteiger partial charge on any atom is -0.481 e. The molecule has 1 amide bonds. The van der Waals surface area contributed by atoms with Crippen LogP contribution in [0.1, 0.15) is 70.4 Å². The lowest BCUT2D eigenvalue weighted by atomic mass is 9.91. The summed E-state index contributed by atoms with van der Waals surface area (Å²) in [6.45, 7) is 5.16. The van der Waals surface area contributed by atoms with Crippen LogP contribution in [0.5, 0.6) is 0 Å². The summed E-state index contributed by atoms with van der Waals surface area (Å²) in [4.78, 5) is 30.1. The van der Waals surface area contributed by atoms with Crippen molar-refractivity contribution in [3.63, 3.8) is 0 Å². The van der Waals surface area contributed by atoms with Crippen molar-refractivity contribution in [1.82, 2.24) is 9.88 Å². The number of hydrogen-bond acceptors (Lipinski definition) is 3. The van der Waals surface area contributed by atoms with Crippen molar-refractivity contribution >= 4 is 41.2 Å². The van der Waals surface area contributed by atoms with Gasteiger partial charge in [-0.3, -0.25) is 9.59 Å². The Morgan fingerprint density at radius 3 is 2.62 bits per heavy atom. The monoisotopic (exact) mass is 496 g/mol. The zero-order chi connectivity index (χ0) is 24.6. The average molecular weight is 497 g/mol. The average Bonchev–Trinajstić information content (AvgIpc) is 3.12. The van der Waals surface area contributed by atoms with E-state index >= 15 is 0 Å². The van der Waals surface area contributed by atoms with Crippen LogP contribution in [0.3, 0.4) is 0 Å². The number of carboxylic acids is 1. The number of aromatic nitrogens is 1. The minimum atomic E-state index is -0.805. The molecule has 1 atom stereocenters. The summed E-state index contributed by atoms with van der Waals surface area (Å²) in [6, 6.07) is 4.06. The number of benzene rings is 1. The second kappa shape index (κ2) is 9.82. The zero-order valence-electron chi connectivity index (χ0n) is 19.2. The van der Waals surface area contributed by atoms with E-state index in [-0.39, 0.29) is 34.9 Å². The van der Waals surface area contributed by atoms with Crippen molar-refractivity contribution in [3.8, 4) is 12.3 Å². The molecule has 1 aromatic carbocycles. The first-order valence-electron chi connectivity index (χ1n) is 11.3. The maximum Gasteiger partial charge on any atom is 0.303 e. The maximum absolute atomic E-state index is 13.2. The van der Waals surface area contributed by atoms with Crippen molar-refractivity contribution in [2.45, 2.75) is 45.4 Å². The summed E-state index contributed by atoms with van der Waals surface area (Å²) >= 11 is 13.2. The Kier molecular flexibility index (Phi) is 7.02. The smallest absolute Gasteiger partial charge is 0.303 e. The van der Waals surface area contributed by atoms with Crippen LogP contribution in [0.15, 0.2) is 23.9 Å². The Balaban J connectivity index is 1.55. The van der Waals surface area contributed by atoms with E-state index in [1.54, 1.807) is 4.90 Å². The summed E-state index contributed by atoms with van der Waals surface area (Å²) in [5, 5.41) is 9.71. The molecule has 34 heavy (non-hydrogen) atoms. The molecule has 1 N–H and O–H groups in total. The molecule has 176 valence electrons. The van der Waals surface area contributed by atoms with Gasteiger partial charge >= 0.3 is 5.97 Å². The Bertz CT molecular complexity index is 1240. The molecule has 1 unspecified atom stereocenters. The van der Waals surface area contributed by atoms with Gasteiger partial charge in [0, 0.05) is 37.2 Å². The lowest BCUT2D eigenvalue weighted by molar-refractivity contribution is -0.138. The number of aryl methyl sites for hydroxylation is 1. The van der Waals surface area contributed by atoms with Crippen molar-refractivity contribution in [1.29, 1.82) is 0 Å². The number of fused-ring (bicyclic) bond motifs is 1. The van der Waals surface area contributed by atoms with Crippen LogP contribution >= 0.6 is 23.2 Å². The number of nitrogens with zero attached hydrogens (tertiary/aromatic N) is 2. The molecule has 1 saturated heterocycles. The van der Waals surface area contributed by atoms with Gasteiger partial charge in [0.2, 0.25) is 0 Å². The quantitative estimate of drug-likeness (QED) is 0.535. The second-order valence-corrected chi connectivity index (χ2v) is 9.92. The van der Waals surface area contributed by atoms with E-state index in [1.807, 2.05) is 6.07 Å². The van der Waals surface area contributed by atoms with E-state index in [4.69, 9.17) is 34.7 Å². The molecule has 1 fully saturated rings. The van der Waals surface area contributed by atoms with Crippen LogP contribution < -0.4 is 0 Å². The number of likely N-dealkylation sites (tertiary alicyclic amines) is 1. The molecule has 0 radical (unpaired) electrons. The topological polar surface area (TPSA) is 70.5 Å². The predicted molar refractivity (Wildman–Crippen MR) is 134 cm³/mol. The van der Waals surface area contributed by atoms with E-state index < -0.39 is 5.97 Å². The molecule has 7 heteroatoms. The second-order valence-electron chi connectivity index (χ2n) is 9.14. The lowest BCUT2D eigenvalue weighted by Gasteiger charge is -2.31. The third kappa shape index (κ3) is 4.71. The van der Waals surface area contributed by atoms with Gasteiger partial charge in [-0.2, -0.15) is 0 Å². The highest BCUT2D eigenvalue weighted by molar-refractivity contribution is 6.37. The number of carboxylic acid groups (broad SMARTS) is 1. The fraction of sp³-hybridized carbons (Fsp3) is 0.370. The van der Waals surface area contributed by atoms with Gasteiger partial charge in [-0.25, -0.2) is 4.98 Å². The number of terminal acetylenes is 1. The summed E-state index contributed by atoms with van der Waals surface area (Å²) in [6.07, 6.45) is 11.2. The number of amides is 1. The number of hydrogen-bond donors (Lipinski definition) is 1. The Labute approximate surface area is 209 Å². The molecular formula is C27H26Cl2N2O3. The van der Waals surface area contributed by atoms with Gasteiger partial charge in [-0.1, -0.05) is 47.7 Å². The molecule has 1 aliphatic heterocycles. The molecule has 2 aliphatic rings. The zero-order valence-corrected chi connectivity index (χ0v) is 20.7. The molecule has 5 nitrogen and oxygen atoms in total. The molecule has 4 rings (SSSR count). The van der Waals surface area contributed by atoms with E-state index in [0.29, 0.717) is 42.9 Å². The number of pyridine rings is 1. The molecule has 1 aromatic heterocycles. The van der Waals surface area contributed by atoms with Gasteiger partial charge in [0.05, 0.1) is 10.0 Å². The Morgan fingerprint density at radius 1 is 1.26 bits per heavy atom. The Morgan fingerprint density at radius 2 is 1.97 bits per heavy atom. The van der Waals surface area contributed by atoms with Crippen molar-refractivity contribution < 1.29 is 14.7 Å². The summed E-state index contributed by atoms with van der Waals surface area (Å²) in [5.41, 5.74) is 6.36. The number of aliphatic carboxylic acids is 1. The number of rotatable bonds is 5. The van der Waals surface area contributed by atoms with Crippen LogP contribution in [0.4, 0.5) is 0 Å². The third-order valence-electron chi connectivity index (χ3n) is 6.95. The highest BCUT2D eigenvalue weighted by Gasteiger charge is 2.29. The van der Waals surface area contributed by atoms with E-state index in [1.165, 1.54) is 17.3 Å². The largest absolute Gasteiger partial charge is 0.481 e. The van der Waals surface area contributed by atoms with Gasteiger partial charge in [0.1, 0.15) is 5.69 Å². The van der Waals surface area contributed by atoms with Gasteiger partial charge in [0.25, 0.3) is 5.91 Å². The van der Waals surface area contributed by atoms with Crippen LogP contribution in [0.25, 0.3) is 6.08 Å². The van der Waals surface area contributed by atoms with Crippen LogP contribution in [0, 0.1) is 25.2 Å².